The first-order chi connectivity index (χ1) is 6.86. The van der Waals surface area contributed by atoms with Crippen LogP contribution in [0.5, 0.6) is 5.75 Å². The van der Waals surface area contributed by atoms with Crippen molar-refractivity contribution >= 4 is 76.6 Å². The molecular weight excluding hydrogens is 345 g/mol. The van der Waals surface area contributed by atoms with Crippen LogP contribution in [0.2, 0.25) is 25.1 Å². The molecule has 0 aliphatic heterocycles. The lowest BCUT2D eigenvalue weighted by Gasteiger charge is -2.10. The number of rotatable bonds is 1. The zero-order chi connectivity index (χ0) is 11.7. The molecule has 1 aromatic carbocycles. The second kappa shape index (κ2) is 6.24. The third kappa shape index (κ3) is 3.13. The third-order valence-electron chi connectivity index (χ3n) is 1.36. The summed E-state index contributed by atoms with van der Waals surface area (Å²) in [6.07, 6.45) is -1.59. The van der Waals surface area contributed by atoms with Crippen LogP contribution in [-0.2, 0) is 0 Å². The van der Waals surface area contributed by atoms with Gasteiger partial charge in [-0.1, -0.05) is 58.0 Å². The fraction of sp³-hybridized carbons (Fsp3) is 0. The van der Waals surface area contributed by atoms with E-state index >= 15 is 0 Å². The van der Waals surface area contributed by atoms with Gasteiger partial charge in [-0.15, -0.1) is 12.4 Å². The van der Waals surface area contributed by atoms with E-state index in [4.69, 9.17) is 63.1 Å². The van der Waals surface area contributed by atoms with E-state index < -0.39 is 6.16 Å². The number of benzene rings is 1. The SMILES string of the molecule is Cl.O=C(O)Oc1c(Cl)c(Cl)c(Cl)c(Cl)c1Cl. The van der Waals surface area contributed by atoms with Gasteiger partial charge in [-0.3, -0.25) is 0 Å². The van der Waals surface area contributed by atoms with Crippen molar-refractivity contribution in [1.29, 1.82) is 0 Å². The first-order valence-electron chi connectivity index (χ1n) is 3.28. The molecule has 1 N–H and O–H groups in total. The highest BCUT2D eigenvalue weighted by molar-refractivity contribution is 6.55. The molecule has 0 fully saturated rings. The predicted molar refractivity (Wildman–Crippen MR) is 67.4 cm³/mol. The first-order valence-corrected chi connectivity index (χ1v) is 5.17. The second-order valence-electron chi connectivity index (χ2n) is 2.27. The maximum atomic E-state index is 10.3. The first kappa shape index (κ1) is 16.2. The molecule has 9 heteroatoms. The predicted octanol–water partition coefficient (Wildman–Crippen LogP) is 5.43. The molecule has 1 rings (SSSR count). The quantitative estimate of drug-likeness (QED) is 0.319. The minimum atomic E-state index is -1.59. The maximum Gasteiger partial charge on any atom is 0.511 e. The van der Waals surface area contributed by atoms with Crippen LogP contribution in [0, 0.1) is 0 Å². The average molecular weight is 347 g/mol. The molecule has 0 spiro atoms. The van der Waals surface area contributed by atoms with E-state index in [1.807, 2.05) is 0 Å². The molecule has 16 heavy (non-hydrogen) atoms. The number of ether oxygens (including phenoxy) is 1. The Balaban J connectivity index is 0.00000225. The third-order valence-corrected chi connectivity index (χ3v) is 3.60. The van der Waals surface area contributed by atoms with Crippen molar-refractivity contribution < 1.29 is 14.6 Å². The summed E-state index contributed by atoms with van der Waals surface area (Å²) in [5.41, 5.74) is 0. The van der Waals surface area contributed by atoms with Crippen LogP contribution in [0.25, 0.3) is 0 Å². The van der Waals surface area contributed by atoms with Gasteiger partial charge in [-0.05, 0) is 0 Å². The summed E-state index contributed by atoms with van der Waals surface area (Å²) in [6, 6.07) is 0. The molecule has 0 bridgehead atoms. The Morgan fingerprint density at radius 3 is 1.50 bits per heavy atom. The Labute approximate surface area is 122 Å². The molecule has 0 saturated carbocycles. The second-order valence-corrected chi connectivity index (χ2v) is 4.16. The molecule has 0 heterocycles. The molecule has 0 aliphatic rings. The maximum absolute atomic E-state index is 10.3. The van der Waals surface area contributed by atoms with Crippen LogP contribution in [0.4, 0.5) is 4.79 Å². The summed E-state index contributed by atoms with van der Waals surface area (Å²) in [6.45, 7) is 0. The van der Waals surface area contributed by atoms with Crippen molar-refractivity contribution in [3.63, 3.8) is 0 Å². The summed E-state index contributed by atoms with van der Waals surface area (Å²) in [5.74, 6) is -0.342. The van der Waals surface area contributed by atoms with Gasteiger partial charge in [0.15, 0.2) is 5.75 Å². The van der Waals surface area contributed by atoms with Crippen LogP contribution >= 0.6 is 70.4 Å². The van der Waals surface area contributed by atoms with Crippen molar-refractivity contribution in [3.05, 3.63) is 25.1 Å². The lowest BCUT2D eigenvalue weighted by atomic mass is 10.3. The molecule has 90 valence electrons. The van der Waals surface area contributed by atoms with Crippen LogP contribution in [0.3, 0.4) is 0 Å². The van der Waals surface area contributed by atoms with Gasteiger partial charge >= 0.3 is 6.16 Å². The number of hydrogen-bond donors (Lipinski definition) is 1. The van der Waals surface area contributed by atoms with Crippen LogP contribution in [0.1, 0.15) is 0 Å². The van der Waals surface area contributed by atoms with E-state index in [9.17, 15) is 4.79 Å². The molecule has 0 atom stereocenters. The van der Waals surface area contributed by atoms with Crippen molar-refractivity contribution in [1.82, 2.24) is 0 Å². The van der Waals surface area contributed by atoms with Gasteiger partial charge in [0, 0.05) is 0 Å². The van der Waals surface area contributed by atoms with E-state index in [2.05, 4.69) is 4.74 Å². The zero-order valence-corrected chi connectivity index (χ0v) is 11.7. The Kier molecular flexibility index (Phi) is 6.33. The lowest BCUT2D eigenvalue weighted by molar-refractivity contribution is 0.144. The van der Waals surface area contributed by atoms with Crippen molar-refractivity contribution in [2.24, 2.45) is 0 Å². The van der Waals surface area contributed by atoms with E-state index in [0.29, 0.717) is 0 Å². The summed E-state index contributed by atoms with van der Waals surface area (Å²) < 4.78 is 4.32. The molecule has 0 unspecified atom stereocenters. The smallest absolute Gasteiger partial charge is 0.449 e. The highest BCUT2D eigenvalue weighted by Crippen LogP contribution is 2.48. The topological polar surface area (TPSA) is 46.5 Å². The van der Waals surface area contributed by atoms with E-state index in [1.54, 1.807) is 0 Å². The van der Waals surface area contributed by atoms with E-state index in [-0.39, 0.29) is 43.3 Å². The summed E-state index contributed by atoms with van der Waals surface area (Å²) >= 11 is 28.3. The van der Waals surface area contributed by atoms with Crippen molar-refractivity contribution in [2.75, 3.05) is 0 Å². The molecule has 0 radical (unpaired) electrons. The number of carboxylic acid groups (broad SMARTS) is 1. The standard InChI is InChI=1S/C7HCl5O3.ClH/c8-1-2(9)4(11)6(15-7(13)14)5(12)3(1)10;/h(H,13,14);1H. The lowest BCUT2D eigenvalue weighted by Crippen LogP contribution is -2.04. The number of hydrogen-bond acceptors (Lipinski definition) is 2. The van der Waals surface area contributed by atoms with Gasteiger partial charge in [-0.25, -0.2) is 4.79 Å². The van der Waals surface area contributed by atoms with Gasteiger partial charge in [-0.2, -0.15) is 0 Å². The number of carbonyl (C=O) groups is 1. The number of halogens is 6. The van der Waals surface area contributed by atoms with Gasteiger partial charge in [0.25, 0.3) is 0 Å². The van der Waals surface area contributed by atoms with Crippen LogP contribution < -0.4 is 4.74 Å². The Bertz CT molecular complexity index is 404. The Morgan fingerprint density at radius 1 is 0.875 bits per heavy atom. The zero-order valence-electron chi connectivity index (χ0n) is 7.06. The molecule has 1 aromatic rings. The Morgan fingerprint density at radius 2 is 1.19 bits per heavy atom. The fourth-order valence-electron chi connectivity index (χ4n) is 0.762. The van der Waals surface area contributed by atoms with Crippen LogP contribution in [0.15, 0.2) is 0 Å². The summed E-state index contributed by atoms with van der Waals surface area (Å²) in [5, 5.41) is 7.68. The monoisotopic (exact) mass is 344 g/mol. The minimum Gasteiger partial charge on any atom is -0.449 e. The van der Waals surface area contributed by atoms with E-state index in [0.717, 1.165) is 0 Å². The Hall–Kier alpha value is 0.230. The molecule has 0 aliphatic carbocycles. The minimum absolute atomic E-state index is 0. The summed E-state index contributed by atoms with van der Waals surface area (Å²) in [7, 11) is 0. The highest BCUT2D eigenvalue weighted by atomic mass is 35.5. The van der Waals surface area contributed by atoms with Gasteiger partial charge in [0.05, 0.1) is 15.1 Å². The summed E-state index contributed by atoms with van der Waals surface area (Å²) in [4.78, 5) is 10.3. The molecule has 0 aromatic heterocycles. The van der Waals surface area contributed by atoms with E-state index in [1.165, 1.54) is 0 Å². The normalized spacial score (nSPS) is 9.56. The fourth-order valence-corrected chi connectivity index (χ4v) is 1.96. The largest absolute Gasteiger partial charge is 0.511 e. The highest BCUT2D eigenvalue weighted by Gasteiger charge is 2.22. The molecular formula is C7H2Cl6O3. The van der Waals surface area contributed by atoms with Crippen molar-refractivity contribution in [2.45, 2.75) is 0 Å². The van der Waals surface area contributed by atoms with Gasteiger partial charge in [0.1, 0.15) is 10.0 Å². The molecule has 0 saturated heterocycles. The average Bonchev–Trinajstić information content (AvgIpc) is 2.18. The molecule has 0 amide bonds. The van der Waals surface area contributed by atoms with Gasteiger partial charge in [0.2, 0.25) is 0 Å². The van der Waals surface area contributed by atoms with Gasteiger partial charge < -0.3 is 9.84 Å². The molecule has 3 nitrogen and oxygen atoms in total. The van der Waals surface area contributed by atoms with Crippen LogP contribution in [-0.4, -0.2) is 11.3 Å². The van der Waals surface area contributed by atoms with Crippen molar-refractivity contribution in [3.8, 4) is 5.75 Å².